The number of nitrogens with one attached hydrogen (secondary N) is 1. The summed E-state index contributed by atoms with van der Waals surface area (Å²) in [5, 5.41) is 6.31. The number of ketones is 1. The van der Waals surface area contributed by atoms with Crippen LogP contribution in [0, 0.1) is 0 Å². The van der Waals surface area contributed by atoms with Crippen molar-refractivity contribution in [2.75, 3.05) is 0 Å². The summed E-state index contributed by atoms with van der Waals surface area (Å²) in [5.74, 6) is -2.43. The Bertz CT molecular complexity index is 919. The van der Waals surface area contributed by atoms with E-state index in [1.54, 1.807) is 4.57 Å². The van der Waals surface area contributed by atoms with Crippen molar-refractivity contribution in [2.24, 2.45) is 5.73 Å². The third kappa shape index (κ3) is 3.86. The zero-order valence-electron chi connectivity index (χ0n) is 13.7. The normalized spacial score (nSPS) is 11.7. The van der Waals surface area contributed by atoms with Crippen LogP contribution in [0.1, 0.15) is 16.1 Å². The van der Waals surface area contributed by atoms with Crippen LogP contribution in [0.5, 0.6) is 0 Å². The summed E-state index contributed by atoms with van der Waals surface area (Å²) in [7, 11) is 0. The lowest BCUT2D eigenvalue weighted by molar-refractivity contribution is -0.137. The average Bonchev–Trinajstić information content (AvgIpc) is 3.32. The van der Waals surface area contributed by atoms with Crippen molar-refractivity contribution in [1.82, 2.24) is 14.9 Å². The van der Waals surface area contributed by atoms with Crippen molar-refractivity contribution in [1.29, 1.82) is 0 Å². The highest BCUT2D eigenvalue weighted by Gasteiger charge is 2.27. The van der Waals surface area contributed by atoms with Crippen molar-refractivity contribution in [3.8, 4) is 5.69 Å². The van der Waals surface area contributed by atoms with E-state index < -0.39 is 23.6 Å². The lowest BCUT2D eigenvalue weighted by Crippen LogP contribution is -2.47. The van der Waals surface area contributed by atoms with E-state index in [0.29, 0.717) is 0 Å². The maximum atomic E-state index is 12.7. The van der Waals surface area contributed by atoms with E-state index in [1.165, 1.54) is 23.9 Å². The van der Waals surface area contributed by atoms with Crippen LogP contribution >= 0.6 is 11.3 Å². The van der Waals surface area contributed by atoms with Crippen molar-refractivity contribution in [3.05, 3.63) is 70.9 Å². The Hall–Kier alpha value is -3.26. The summed E-state index contributed by atoms with van der Waals surface area (Å²) < 4.78 is 1.60. The topological polar surface area (TPSA) is 107 Å². The molecular weight excluding hydrogens is 352 g/mol. The van der Waals surface area contributed by atoms with E-state index in [1.807, 2.05) is 47.2 Å². The number of imidazole rings is 1. The van der Waals surface area contributed by atoms with Gasteiger partial charge in [-0.3, -0.25) is 19.0 Å². The lowest BCUT2D eigenvalue weighted by atomic mass is 10.0. The number of carbonyl (C=O) groups excluding carboxylic acids is 3. The van der Waals surface area contributed by atoms with Crippen molar-refractivity contribution in [2.45, 2.75) is 12.5 Å². The van der Waals surface area contributed by atoms with Gasteiger partial charge in [0, 0.05) is 12.1 Å². The predicted octanol–water partition coefficient (Wildman–Crippen LogP) is 1.33. The first-order valence-electron chi connectivity index (χ1n) is 7.79. The molecule has 0 bridgehead atoms. The van der Waals surface area contributed by atoms with E-state index in [9.17, 15) is 14.4 Å². The van der Waals surface area contributed by atoms with Gasteiger partial charge in [0.15, 0.2) is 0 Å². The van der Waals surface area contributed by atoms with E-state index in [0.717, 1.165) is 11.3 Å². The van der Waals surface area contributed by atoms with Crippen molar-refractivity contribution >= 4 is 28.9 Å². The van der Waals surface area contributed by atoms with Gasteiger partial charge < -0.3 is 11.1 Å². The van der Waals surface area contributed by atoms with E-state index in [4.69, 9.17) is 5.73 Å². The molecule has 0 aliphatic heterocycles. The molecule has 8 heteroatoms. The van der Waals surface area contributed by atoms with Gasteiger partial charge in [-0.15, -0.1) is 0 Å². The smallest absolute Gasteiger partial charge is 0.287 e. The predicted molar refractivity (Wildman–Crippen MR) is 97.0 cm³/mol. The van der Waals surface area contributed by atoms with Crippen LogP contribution in [0.4, 0.5) is 0 Å². The van der Waals surface area contributed by atoms with Gasteiger partial charge >= 0.3 is 0 Å². The molecule has 132 valence electrons. The van der Waals surface area contributed by atoms with Crippen molar-refractivity contribution in [3.63, 3.8) is 0 Å². The van der Waals surface area contributed by atoms with Crippen LogP contribution in [0.25, 0.3) is 5.69 Å². The Morgan fingerprint density at radius 1 is 1.19 bits per heavy atom. The van der Waals surface area contributed by atoms with Gasteiger partial charge in [-0.1, -0.05) is 18.2 Å². The average molecular weight is 368 g/mol. The molecule has 1 aromatic carbocycles. The molecule has 1 unspecified atom stereocenters. The van der Waals surface area contributed by atoms with Crippen LogP contribution < -0.4 is 11.1 Å². The Morgan fingerprint density at radius 3 is 2.62 bits per heavy atom. The summed E-state index contributed by atoms with van der Waals surface area (Å²) in [4.78, 5) is 40.2. The minimum atomic E-state index is -1.08. The summed E-state index contributed by atoms with van der Waals surface area (Å²) in [5.41, 5.74) is 6.97. The standard InChI is InChI=1S/C18H16N4O3S/c19-17(24)16(23)14(8-12-6-7-26-10-12)21-18(25)15-9-20-11-22(15)13-4-2-1-3-5-13/h1-7,9-11,14H,8H2,(H2,19,24)(H,21,25). The molecule has 0 saturated carbocycles. The minimum absolute atomic E-state index is 0.191. The highest BCUT2D eigenvalue weighted by Crippen LogP contribution is 2.13. The fourth-order valence-electron chi connectivity index (χ4n) is 2.52. The van der Waals surface area contributed by atoms with Crippen LogP contribution in [0.15, 0.2) is 59.7 Å². The zero-order chi connectivity index (χ0) is 18.5. The van der Waals surface area contributed by atoms with Gasteiger partial charge in [-0.25, -0.2) is 4.98 Å². The van der Waals surface area contributed by atoms with Gasteiger partial charge in [0.25, 0.3) is 11.8 Å². The maximum absolute atomic E-state index is 12.7. The lowest BCUT2D eigenvalue weighted by Gasteiger charge is -2.16. The summed E-state index contributed by atoms with van der Waals surface area (Å²) in [6.45, 7) is 0. The van der Waals surface area contributed by atoms with Gasteiger partial charge in [-0.05, 0) is 34.5 Å². The molecule has 0 spiro atoms. The van der Waals surface area contributed by atoms with Crippen molar-refractivity contribution < 1.29 is 14.4 Å². The van der Waals surface area contributed by atoms with E-state index in [2.05, 4.69) is 10.3 Å². The largest absolute Gasteiger partial charge is 0.363 e. The van der Waals surface area contributed by atoms with Crippen LogP contribution in [0.3, 0.4) is 0 Å². The van der Waals surface area contributed by atoms with Gasteiger partial charge in [-0.2, -0.15) is 11.3 Å². The zero-order valence-corrected chi connectivity index (χ0v) is 14.5. The molecule has 26 heavy (non-hydrogen) atoms. The van der Waals surface area contributed by atoms with Gasteiger partial charge in [0.05, 0.1) is 12.5 Å². The molecule has 3 aromatic rings. The summed E-state index contributed by atoms with van der Waals surface area (Å²) in [6, 6.07) is 9.99. The molecular formula is C18H16N4O3S. The third-order valence-corrected chi connectivity index (χ3v) is 4.52. The summed E-state index contributed by atoms with van der Waals surface area (Å²) >= 11 is 1.46. The second-order valence-electron chi connectivity index (χ2n) is 5.57. The molecule has 0 aliphatic rings. The molecule has 0 fully saturated rings. The number of hydrogen-bond donors (Lipinski definition) is 2. The first-order valence-corrected chi connectivity index (χ1v) is 8.74. The molecule has 7 nitrogen and oxygen atoms in total. The quantitative estimate of drug-likeness (QED) is 0.614. The van der Waals surface area contributed by atoms with E-state index in [-0.39, 0.29) is 12.1 Å². The van der Waals surface area contributed by atoms with E-state index >= 15 is 0 Å². The highest BCUT2D eigenvalue weighted by atomic mass is 32.1. The fraction of sp³-hybridized carbons (Fsp3) is 0.111. The number of aromatic nitrogens is 2. The fourth-order valence-corrected chi connectivity index (χ4v) is 3.20. The number of rotatable bonds is 7. The Morgan fingerprint density at radius 2 is 1.96 bits per heavy atom. The number of benzene rings is 1. The molecule has 2 aromatic heterocycles. The number of nitrogens with zero attached hydrogens (tertiary/aromatic N) is 2. The highest BCUT2D eigenvalue weighted by molar-refractivity contribution is 7.07. The number of para-hydroxylation sites is 1. The number of primary amides is 1. The molecule has 1 atom stereocenters. The molecule has 0 aliphatic carbocycles. The number of amides is 2. The first-order chi connectivity index (χ1) is 12.6. The first kappa shape index (κ1) is 17.6. The molecule has 0 radical (unpaired) electrons. The monoisotopic (exact) mass is 368 g/mol. The number of carbonyl (C=O) groups is 3. The van der Waals surface area contributed by atoms with Crippen LogP contribution in [0.2, 0.25) is 0 Å². The van der Waals surface area contributed by atoms with Gasteiger partial charge in [0.1, 0.15) is 11.7 Å². The Labute approximate surface area is 153 Å². The molecule has 2 heterocycles. The third-order valence-electron chi connectivity index (χ3n) is 3.79. The SMILES string of the molecule is NC(=O)C(=O)C(Cc1ccsc1)NC(=O)c1cncn1-c1ccccc1. The molecule has 2 amide bonds. The van der Waals surface area contributed by atoms with Crippen LogP contribution in [-0.2, 0) is 16.0 Å². The number of Topliss-reactive ketones (excluding diaryl/α,β-unsaturated/α-hetero) is 1. The molecule has 3 rings (SSSR count). The number of nitrogens with two attached hydrogens (primary N) is 1. The maximum Gasteiger partial charge on any atom is 0.287 e. The minimum Gasteiger partial charge on any atom is -0.363 e. The molecule has 3 N–H and O–H groups in total. The second kappa shape index (κ2) is 7.75. The van der Waals surface area contributed by atoms with Crippen LogP contribution in [-0.4, -0.2) is 33.2 Å². The summed E-state index contributed by atoms with van der Waals surface area (Å²) in [6.07, 6.45) is 3.10. The second-order valence-corrected chi connectivity index (χ2v) is 6.35. The molecule has 0 saturated heterocycles. The van der Waals surface area contributed by atoms with Gasteiger partial charge in [0.2, 0.25) is 5.78 Å². The number of thiophene rings is 1. The number of hydrogen-bond acceptors (Lipinski definition) is 5. The Balaban J connectivity index is 1.83. The Kier molecular flexibility index (Phi) is 5.23.